The zero-order chi connectivity index (χ0) is 26.4. The summed E-state index contributed by atoms with van der Waals surface area (Å²) in [7, 11) is 0. The molecule has 0 amide bonds. The molecule has 0 aromatic heterocycles. The Morgan fingerprint density at radius 2 is 1.35 bits per heavy atom. The van der Waals surface area contributed by atoms with Gasteiger partial charge in [-0.1, -0.05) is 90.6 Å². The van der Waals surface area contributed by atoms with Gasteiger partial charge in [-0.3, -0.25) is 0 Å². The molecule has 0 radical (unpaired) electrons. The van der Waals surface area contributed by atoms with E-state index >= 15 is 0 Å². The maximum absolute atomic E-state index is 12.6. The summed E-state index contributed by atoms with van der Waals surface area (Å²) in [5.41, 5.74) is 6.02. The van der Waals surface area contributed by atoms with Gasteiger partial charge in [0.2, 0.25) is 0 Å². The van der Waals surface area contributed by atoms with Crippen molar-refractivity contribution in [1.82, 2.24) is 0 Å². The van der Waals surface area contributed by atoms with Gasteiger partial charge in [0.25, 0.3) is 0 Å². The number of hydrogen-bond donors (Lipinski definition) is 0. The minimum absolute atomic E-state index is 0.132. The van der Waals surface area contributed by atoms with E-state index in [1.807, 2.05) is 69.8 Å². The topological polar surface area (TPSA) is 35.5 Å². The first kappa shape index (κ1) is 26.6. The first-order valence-electron chi connectivity index (χ1n) is 12.5. The van der Waals surface area contributed by atoms with E-state index in [1.165, 1.54) is 26.5 Å². The Morgan fingerprint density at radius 3 is 2.03 bits per heavy atom. The molecular weight excluding hydrogens is 476 g/mol. The van der Waals surface area contributed by atoms with Crippen LogP contribution in [0.15, 0.2) is 101 Å². The monoisotopic (exact) mass is 510 g/mol. The summed E-state index contributed by atoms with van der Waals surface area (Å²) < 4.78 is 11.7. The molecule has 37 heavy (non-hydrogen) atoms. The molecule has 0 saturated heterocycles. The number of rotatable bonds is 9. The van der Waals surface area contributed by atoms with E-state index in [4.69, 9.17) is 9.47 Å². The molecule has 0 saturated carbocycles. The number of ether oxygens (including phenoxy) is 2. The summed E-state index contributed by atoms with van der Waals surface area (Å²) >= 11 is 1.81. The van der Waals surface area contributed by atoms with Crippen molar-refractivity contribution in [2.45, 2.75) is 56.4 Å². The molecule has 0 aliphatic carbocycles. The predicted molar refractivity (Wildman–Crippen MR) is 152 cm³/mol. The summed E-state index contributed by atoms with van der Waals surface area (Å²) in [6, 6.07) is 31.1. The molecule has 0 aliphatic heterocycles. The molecule has 0 aliphatic rings. The van der Waals surface area contributed by atoms with Crippen molar-refractivity contribution in [3.05, 3.63) is 124 Å². The highest BCUT2D eigenvalue weighted by Gasteiger charge is 2.25. The van der Waals surface area contributed by atoms with Crippen molar-refractivity contribution in [3.8, 4) is 5.75 Å². The Hall–Kier alpha value is -3.50. The van der Waals surface area contributed by atoms with Crippen molar-refractivity contribution >= 4 is 17.7 Å². The van der Waals surface area contributed by atoms with Crippen LogP contribution in [0.2, 0.25) is 0 Å². The first-order chi connectivity index (χ1) is 17.7. The van der Waals surface area contributed by atoms with Crippen LogP contribution in [0.4, 0.5) is 0 Å². The Kier molecular flexibility index (Phi) is 8.40. The first-order valence-corrected chi connectivity index (χ1v) is 13.4. The van der Waals surface area contributed by atoms with Crippen molar-refractivity contribution in [2.75, 3.05) is 6.61 Å². The lowest BCUT2D eigenvalue weighted by atomic mass is 9.98. The highest BCUT2D eigenvalue weighted by Crippen LogP contribution is 2.34. The van der Waals surface area contributed by atoms with Crippen LogP contribution in [0, 0.1) is 20.8 Å². The molecule has 4 rings (SSSR count). The summed E-state index contributed by atoms with van der Waals surface area (Å²) in [5.74, 6) is 0.347. The number of esters is 1. The Labute approximate surface area is 224 Å². The second-order valence-electron chi connectivity index (χ2n) is 9.85. The molecule has 4 aromatic rings. The van der Waals surface area contributed by atoms with Crippen LogP contribution >= 0.6 is 11.8 Å². The fraction of sp³-hybridized carbons (Fsp3) is 0.242. The number of aryl methyl sites for hydroxylation is 3. The van der Waals surface area contributed by atoms with Crippen LogP contribution in [-0.4, -0.2) is 12.6 Å². The third kappa shape index (κ3) is 6.84. The fourth-order valence-corrected chi connectivity index (χ4v) is 5.50. The highest BCUT2D eigenvalue weighted by molar-refractivity contribution is 7.99. The van der Waals surface area contributed by atoms with Gasteiger partial charge in [0.05, 0.1) is 0 Å². The molecule has 0 N–H and O–H groups in total. The maximum Gasteiger partial charge on any atom is 0.345 e. The average Bonchev–Trinajstić information content (AvgIpc) is 2.86. The van der Waals surface area contributed by atoms with E-state index in [0.717, 1.165) is 28.9 Å². The highest BCUT2D eigenvalue weighted by atomic mass is 32.2. The van der Waals surface area contributed by atoms with Gasteiger partial charge in [-0.15, -0.1) is 0 Å². The summed E-state index contributed by atoms with van der Waals surface area (Å²) in [4.78, 5) is 15.1. The molecule has 3 nitrogen and oxygen atoms in total. The van der Waals surface area contributed by atoms with E-state index in [2.05, 4.69) is 67.6 Å². The van der Waals surface area contributed by atoms with Crippen LogP contribution in [0.1, 0.15) is 47.2 Å². The Morgan fingerprint density at radius 1 is 0.757 bits per heavy atom. The van der Waals surface area contributed by atoms with Gasteiger partial charge < -0.3 is 9.47 Å². The van der Waals surface area contributed by atoms with Crippen LogP contribution in [0.5, 0.6) is 5.75 Å². The van der Waals surface area contributed by atoms with E-state index in [1.54, 1.807) is 0 Å². The molecule has 4 aromatic carbocycles. The van der Waals surface area contributed by atoms with Crippen LogP contribution in [0.3, 0.4) is 0 Å². The van der Waals surface area contributed by atoms with Crippen LogP contribution in [0.25, 0.3) is 0 Å². The normalized spacial score (nSPS) is 11.3. The third-order valence-corrected chi connectivity index (χ3v) is 7.67. The molecular formula is C33H34O3S. The Balaban J connectivity index is 1.44. The van der Waals surface area contributed by atoms with Crippen molar-refractivity contribution in [2.24, 2.45) is 0 Å². The van der Waals surface area contributed by atoms with E-state index in [0.29, 0.717) is 0 Å². The summed E-state index contributed by atoms with van der Waals surface area (Å²) in [6.45, 7) is 9.85. The number of hydrogen-bond acceptors (Lipinski definition) is 4. The average molecular weight is 511 g/mol. The van der Waals surface area contributed by atoms with Gasteiger partial charge in [0.1, 0.15) is 11.4 Å². The fourth-order valence-electron chi connectivity index (χ4n) is 4.47. The second kappa shape index (κ2) is 11.7. The minimum Gasteiger partial charge on any atom is -0.481 e. The number of benzene rings is 4. The molecule has 190 valence electrons. The largest absolute Gasteiger partial charge is 0.481 e. The summed E-state index contributed by atoms with van der Waals surface area (Å²) in [6.07, 6.45) is 0.824. The molecule has 0 spiro atoms. The van der Waals surface area contributed by atoms with Crippen LogP contribution in [-0.2, 0) is 21.6 Å². The standard InChI is InChI=1S/C33H34O3S/c1-23-13-9-11-17-29(23)37-30-18-12-10-14-27(30)21-26-19-24(2)32(25(3)20-26)35-22-31(34)36-33(4,5)28-15-7-6-8-16-28/h6-20H,21-22H2,1-5H3. The summed E-state index contributed by atoms with van der Waals surface area (Å²) in [5, 5.41) is 0. The zero-order valence-corrected chi connectivity index (χ0v) is 23.0. The van der Waals surface area contributed by atoms with Gasteiger partial charge in [-0.25, -0.2) is 4.79 Å². The van der Waals surface area contributed by atoms with Crippen molar-refractivity contribution in [3.63, 3.8) is 0 Å². The Bertz CT molecular complexity index is 1350. The SMILES string of the molecule is Cc1ccccc1Sc1ccccc1Cc1cc(C)c(OCC(=O)OC(C)(C)c2ccccc2)c(C)c1. The quantitative estimate of drug-likeness (QED) is 0.213. The molecule has 0 unspecified atom stereocenters. The van der Waals surface area contributed by atoms with E-state index < -0.39 is 5.60 Å². The van der Waals surface area contributed by atoms with Crippen molar-refractivity contribution in [1.29, 1.82) is 0 Å². The third-order valence-electron chi connectivity index (χ3n) is 6.37. The lowest BCUT2D eigenvalue weighted by molar-refractivity contribution is -0.159. The zero-order valence-electron chi connectivity index (χ0n) is 22.2. The van der Waals surface area contributed by atoms with Gasteiger partial charge >= 0.3 is 5.97 Å². The lowest BCUT2D eigenvalue weighted by Crippen LogP contribution is -2.28. The number of carbonyl (C=O) groups is 1. The van der Waals surface area contributed by atoms with Gasteiger partial charge in [-0.2, -0.15) is 0 Å². The van der Waals surface area contributed by atoms with Gasteiger partial charge in [-0.05, 0) is 86.6 Å². The second-order valence-corrected chi connectivity index (χ2v) is 10.9. The predicted octanol–water partition coefficient (Wildman–Crippen LogP) is 8.21. The van der Waals surface area contributed by atoms with E-state index in [-0.39, 0.29) is 12.6 Å². The smallest absolute Gasteiger partial charge is 0.345 e. The molecule has 4 heteroatoms. The molecule has 0 heterocycles. The maximum atomic E-state index is 12.6. The number of carbonyl (C=O) groups excluding carboxylic acids is 1. The molecule has 0 bridgehead atoms. The minimum atomic E-state index is -0.723. The van der Waals surface area contributed by atoms with Crippen LogP contribution < -0.4 is 4.74 Å². The van der Waals surface area contributed by atoms with Crippen molar-refractivity contribution < 1.29 is 14.3 Å². The van der Waals surface area contributed by atoms with Gasteiger partial charge in [0, 0.05) is 9.79 Å². The van der Waals surface area contributed by atoms with Gasteiger partial charge in [0.15, 0.2) is 6.61 Å². The molecule has 0 fully saturated rings. The lowest BCUT2D eigenvalue weighted by Gasteiger charge is -2.25. The molecule has 0 atom stereocenters. The van der Waals surface area contributed by atoms with E-state index in [9.17, 15) is 4.79 Å².